The number of hydrogen-bond acceptors (Lipinski definition) is 4. The molecule has 7 nitrogen and oxygen atoms in total. The quantitative estimate of drug-likeness (QED) is 0.326. The molecule has 2 aromatic rings. The maximum absolute atomic E-state index is 13.6. The number of anilines is 1. The van der Waals surface area contributed by atoms with Crippen molar-refractivity contribution < 1.29 is 18.0 Å². The minimum atomic E-state index is -3.57. The van der Waals surface area contributed by atoms with Gasteiger partial charge >= 0.3 is 0 Å². The topological polar surface area (TPSA) is 86.8 Å². The van der Waals surface area contributed by atoms with E-state index in [0.29, 0.717) is 34.3 Å². The summed E-state index contributed by atoms with van der Waals surface area (Å²) >= 11 is 12.8. The number of rotatable bonds is 13. The van der Waals surface area contributed by atoms with E-state index in [1.165, 1.54) is 9.21 Å². The third-order valence-corrected chi connectivity index (χ3v) is 8.29. The molecule has 0 bridgehead atoms. The van der Waals surface area contributed by atoms with Gasteiger partial charge in [0.1, 0.15) is 6.04 Å². The molecule has 0 saturated carbocycles. The van der Waals surface area contributed by atoms with E-state index in [1.54, 1.807) is 24.3 Å². The van der Waals surface area contributed by atoms with Crippen molar-refractivity contribution in [1.82, 2.24) is 10.2 Å². The van der Waals surface area contributed by atoms with Crippen LogP contribution in [0.15, 0.2) is 36.4 Å². The van der Waals surface area contributed by atoms with E-state index in [2.05, 4.69) is 5.32 Å². The van der Waals surface area contributed by atoms with Gasteiger partial charge in [-0.2, -0.15) is 0 Å². The van der Waals surface area contributed by atoms with Gasteiger partial charge in [-0.05, 0) is 68.0 Å². The van der Waals surface area contributed by atoms with Crippen molar-refractivity contribution in [1.29, 1.82) is 0 Å². The fraction of sp³-hybridized carbons (Fsp3) is 0.500. The number of sulfonamides is 1. The molecule has 1 N–H and O–H groups in total. The lowest BCUT2D eigenvalue weighted by molar-refractivity contribution is -0.141. The maximum atomic E-state index is 13.6. The molecule has 0 spiro atoms. The fourth-order valence-electron chi connectivity index (χ4n) is 4.08. The van der Waals surface area contributed by atoms with Crippen LogP contribution in [0.5, 0.6) is 0 Å². The Morgan fingerprint density at radius 2 is 1.66 bits per heavy atom. The average Bonchev–Trinajstić information content (AvgIpc) is 2.83. The van der Waals surface area contributed by atoms with Crippen LogP contribution in [-0.2, 0) is 26.2 Å². The minimum Gasteiger partial charge on any atom is -0.354 e. The SMILES string of the molecule is CC[C@H](C(=O)NCC(C)C)N(Cc1c(Cl)cccc1Cl)C(=O)CCCN(c1ccc(C)c(C)c1)S(C)(=O)=O. The molecular formula is C28H39Cl2N3O4S. The summed E-state index contributed by atoms with van der Waals surface area (Å²) in [5, 5.41) is 3.74. The normalized spacial score (nSPS) is 12.3. The molecule has 0 radical (unpaired) electrons. The van der Waals surface area contributed by atoms with Crippen LogP contribution in [0.1, 0.15) is 56.7 Å². The largest absolute Gasteiger partial charge is 0.354 e. The van der Waals surface area contributed by atoms with Crippen LogP contribution in [0.25, 0.3) is 0 Å². The van der Waals surface area contributed by atoms with Gasteiger partial charge in [-0.1, -0.05) is 56.1 Å². The molecule has 0 aliphatic carbocycles. The molecule has 0 heterocycles. The summed E-state index contributed by atoms with van der Waals surface area (Å²) < 4.78 is 26.5. The molecule has 2 aromatic carbocycles. The third kappa shape index (κ3) is 8.89. The van der Waals surface area contributed by atoms with Gasteiger partial charge in [0, 0.05) is 41.7 Å². The molecule has 2 rings (SSSR count). The number of amides is 2. The molecular weight excluding hydrogens is 545 g/mol. The number of nitrogens with zero attached hydrogens (tertiary/aromatic N) is 2. The van der Waals surface area contributed by atoms with Gasteiger partial charge in [-0.15, -0.1) is 0 Å². The van der Waals surface area contributed by atoms with Crippen molar-refractivity contribution >= 4 is 50.7 Å². The highest BCUT2D eigenvalue weighted by molar-refractivity contribution is 7.92. The number of aryl methyl sites for hydroxylation is 2. The molecule has 38 heavy (non-hydrogen) atoms. The number of nitrogens with one attached hydrogen (secondary N) is 1. The molecule has 0 unspecified atom stereocenters. The molecule has 10 heteroatoms. The Kier molecular flexibility index (Phi) is 11.9. The summed E-state index contributed by atoms with van der Waals surface area (Å²) in [6.45, 7) is 10.4. The highest BCUT2D eigenvalue weighted by Gasteiger charge is 2.30. The highest BCUT2D eigenvalue weighted by Crippen LogP contribution is 2.28. The summed E-state index contributed by atoms with van der Waals surface area (Å²) in [6.07, 6.45) is 1.88. The number of hydrogen-bond donors (Lipinski definition) is 1. The standard InChI is InChI=1S/C28H39Cl2N3O4S/c1-7-26(28(35)31-17-19(2)3)32(18-23-24(29)10-8-11-25(23)30)27(34)12-9-15-33(38(6,36)37)22-14-13-20(4)21(5)16-22/h8,10-11,13-14,16,19,26H,7,9,12,15,17-18H2,1-6H3,(H,31,35)/t26-/m1/s1. The average molecular weight is 585 g/mol. The Hall–Kier alpha value is -2.29. The Bertz CT molecular complexity index is 1210. The maximum Gasteiger partial charge on any atom is 0.242 e. The van der Waals surface area contributed by atoms with Crippen LogP contribution in [0, 0.1) is 19.8 Å². The number of benzene rings is 2. The van der Waals surface area contributed by atoms with Crippen molar-refractivity contribution in [3.05, 3.63) is 63.1 Å². The van der Waals surface area contributed by atoms with Crippen LogP contribution in [0.3, 0.4) is 0 Å². The summed E-state index contributed by atoms with van der Waals surface area (Å²) in [6, 6.07) is 9.86. The van der Waals surface area contributed by atoms with Crippen LogP contribution in [0.2, 0.25) is 10.0 Å². The Morgan fingerprint density at radius 3 is 2.18 bits per heavy atom. The van der Waals surface area contributed by atoms with Crippen LogP contribution < -0.4 is 9.62 Å². The van der Waals surface area contributed by atoms with Crippen molar-refractivity contribution in [2.24, 2.45) is 5.92 Å². The van der Waals surface area contributed by atoms with E-state index in [9.17, 15) is 18.0 Å². The monoisotopic (exact) mass is 583 g/mol. The van der Waals surface area contributed by atoms with Crippen LogP contribution in [-0.4, -0.2) is 50.5 Å². The van der Waals surface area contributed by atoms with Gasteiger partial charge < -0.3 is 10.2 Å². The van der Waals surface area contributed by atoms with E-state index in [0.717, 1.165) is 17.4 Å². The molecule has 1 atom stereocenters. The smallest absolute Gasteiger partial charge is 0.242 e. The number of carbonyl (C=O) groups excluding carboxylic acids is 2. The van der Waals surface area contributed by atoms with Gasteiger partial charge in [0.15, 0.2) is 0 Å². The summed E-state index contributed by atoms with van der Waals surface area (Å²) in [5.74, 6) is -0.266. The predicted molar refractivity (Wildman–Crippen MR) is 156 cm³/mol. The van der Waals surface area contributed by atoms with Crippen molar-refractivity contribution in [2.45, 2.75) is 66.5 Å². The summed E-state index contributed by atoms with van der Waals surface area (Å²) in [4.78, 5) is 28.2. The molecule has 0 aliphatic heterocycles. The zero-order valence-corrected chi connectivity index (χ0v) is 25.4. The second-order valence-corrected chi connectivity index (χ2v) is 12.7. The first-order chi connectivity index (χ1) is 17.8. The van der Waals surface area contributed by atoms with Gasteiger partial charge in [-0.3, -0.25) is 13.9 Å². The Morgan fingerprint density at radius 1 is 1.03 bits per heavy atom. The van der Waals surface area contributed by atoms with E-state index in [4.69, 9.17) is 23.2 Å². The second-order valence-electron chi connectivity index (χ2n) is 9.99. The zero-order valence-electron chi connectivity index (χ0n) is 23.1. The fourth-order valence-corrected chi connectivity index (χ4v) is 5.55. The van der Waals surface area contributed by atoms with E-state index >= 15 is 0 Å². The van der Waals surface area contributed by atoms with Gasteiger partial charge in [0.05, 0.1) is 11.9 Å². The van der Waals surface area contributed by atoms with Crippen LogP contribution in [0.4, 0.5) is 5.69 Å². The Balaban J connectivity index is 2.28. The number of carbonyl (C=O) groups is 2. The van der Waals surface area contributed by atoms with E-state index in [-0.39, 0.29) is 43.7 Å². The predicted octanol–water partition coefficient (Wildman–Crippen LogP) is 5.74. The lowest BCUT2D eigenvalue weighted by atomic mass is 10.1. The number of halogens is 2. The van der Waals surface area contributed by atoms with E-state index < -0.39 is 16.1 Å². The Labute approximate surface area is 237 Å². The molecule has 2 amide bonds. The summed E-state index contributed by atoms with van der Waals surface area (Å²) in [5.41, 5.74) is 3.16. The first-order valence-electron chi connectivity index (χ1n) is 12.8. The molecule has 0 aromatic heterocycles. The third-order valence-electron chi connectivity index (χ3n) is 6.39. The van der Waals surface area contributed by atoms with Crippen molar-refractivity contribution in [3.8, 4) is 0 Å². The minimum absolute atomic E-state index is 0.0485. The van der Waals surface area contributed by atoms with Crippen molar-refractivity contribution in [3.63, 3.8) is 0 Å². The first-order valence-corrected chi connectivity index (χ1v) is 15.4. The van der Waals surface area contributed by atoms with E-state index in [1.807, 2.05) is 46.8 Å². The molecule has 0 fully saturated rings. The first kappa shape index (κ1) is 31.9. The highest BCUT2D eigenvalue weighted by atomic mass is 35.5. The lowest BCUT2D eigenvalue weighted by Gasteiger charge is -2.32. The van der Waals surface area contributed by atoms with Gasteiger partial charge in [0.25, 0.3) is 0 Å². The summed E-state index contributed by atoms with van der Waals surface area (Å²) in [7, 11) is -3.57. The van der Waals surface area contributed by atoms with Crippen LogP contribution >= 0.6 is 23.2 Å². The second kappa shape index (κ2) is 14.2. The molecule has 0 saturated heterocycles. The van der Waals surface area contributed by atoms with Gasteiger partial charge in [-0.25, -0.2) is 8.42 Å². The zero-order chi connectivity index (χ0) is 28.6. The molecule has 210 valence electrons. The lowest BCUT2D eigenvalue weighted by Crippen LogP contribution is -2.49. The van der Waals surface area contributed by atoms with Crippen molar-refractivity contribution in [2.75, 3.05) is 23.7 Å². The van der Waals surface area contributed by atoms with Gasteiger partial charge in [0.2, 0.25) is 21.8 Å². The molecule has 0 aliphatic rings.